The fraction of sp³-hybridized carbons (Fsp3) is 0. The van der Waals surface area contributed by atoms with Gasteiger partial charge in [0.25, 0.3) is 0 Å². The zero-order valence-corrected chi connectivity index (χ0v) is 32.3. The van der Waals surface area contributed by atoms with Crippen LogP contribution in [0.25, 0.3) is 66.1 Å². The van der Waals surface area contributed by atoms with Crippen molar-refractivity contribution in [2.45, 2.75) is 0 Å². The van der Waals surface area contributed by atoms with Gasteiger partial charge in [-0.2, -0.15) is 0 Å². The molecule has 0 aliphatic rings. The Morgan fingerprint density at radius 2 is 0.772 bits per heavy atom. The lowest BCUT2D eigenvalue weighted by atomic mass is 10.0. The zero-order valence-electron chi connectivity index (χ0n) is 31.3. The SMILES string of the molecule is c1ccc(-c2ccc3c4ccc(-n5c6ccccc6c6cccc([Si](c7ccccc7)(c7ccccc7)c7ccccc7)c65)cc4n(-c4ccccc4)c3c2)cc1. The summed E-state index contributed by atoms with van der Waals surface area (Å²) in [6, 6.07) is 85.3. The van der Waals surface area contributed by atoms with E-state index in [4.69, 9.17) is 0 Å². The second-order valence-electron chi connectivity index (χ2n) is 14.9. The van der Waals surface area contributed by atoms with Gasteiger partial charge in [0.15, 0.2) is 8.07 Å². The van der Waals surface area contributed by atoms with Crippen LogP contribution >= 0.6 is 0 Å². The molecule has 3 heteroatoms. The molecule has 2 heterocycles. The van der Waals surface area contributed by atoms with Gasteiger partial charge in [-0.15, -0.1) is 0 Å². The highest BCUT2D eigenvalue weighted by atomic mass is 28.3. The number of hydrogen-bond donors (Lipinski definition) is 0. The summed E-state index contributed by atoms with van der Waals surface area (Å²) >= 11 is 0. The molecule has 0 saturated heterocycles. The maximum absolute atomic E-state index is 2.90. The van der Waals surface area contributed by atoms with E-state index in [1.54, 1.807) is 0 Å². The summed E-state index contributed by atoms with van der Waals surface area (Å²) < 4.78 is 5.00. The summed E-state index contributed by atoms with van der Waals surface area (Å²) in [7, 11) is -2.90. The maximum atomic E-state index is 2.55. The lowest BCUT2D eigenvalue weighted by Gasteiger charge is -2.35. The molecule has 0 aliphatic heterocycles. The molecule has 0 unspecified atom stereocenters. The summed E-state index contributed by atoms with van der Waals surface area (Å²) in [4.78, 5) is 0. The third-order valence-corrected chi connectivity index (χ3v) is 16.7. The molecule has 0 saturated carbocycles. The predicted octanol–water partition coefficient (Wildman–Crippen LogP) is 10.9. The molecular weight excluding hydrogens is 705 g/mol. The lowest BCUT2D eigenvalue weighted by molar-refractivity contribution is 1.16. The molecular formula is C54H38N2Si. The van der Waals surface area contributed by atoms with E-state index in [0.717, 1.165) is 11.4 Å². The second kappa shape index (κ2) is 13.5. The fourth-order valence-corrected chi connectivity index (χ4v) is 14.4. The molecule has 0 N–H and O–H groups in total. The van der Waals surface area contributed by atoms with Crippen LogP contribution in [-0.4, -0.2) is 17.2 Å². The molecule has 0 bridgehead atoms. The molecule has 11 aromatic rings. The van der Waals surface area contributed by atoms with E-state index in [9.17, 15) is 0 Å². The first kappa shape index (κ1) is 33.2. The molecule has 0 fully saturated rings. The van der Waals surface area contributed by atoms with Gasteiger partial charge in [0.2, 0.25) is 0 Å². The van der Waals surface area contributed by atoms with Crippen LogP contribution in [0.2, 0.25) is 0 Å². The van der Waals surface area contributed by atoms with Gasteiger partial charge in [-0.1, -0.05) is 194 Å². The number of benzene rings is 9. The first-order valence-electron chi connectivity index (χ1n) is 19.7. The summed E-state index contributed by atoms with van der Waals surface area (Å²) in [6.07, 6.45) is 0. The molecule has 9 aromatic carbocycles. The summed E-state index contributed by atoms with van der Waals surface area (Å²) in [5, 5.41) is 10.4. The monoisotopic (exact) mass is 742 g/mol. The van der Waals surface area contributed by atoms with Gasteiger partial charge in [0.05, 0.1) is 22.1 Å². The van der Waals surface area contributed by atoms with E-state index >= 15 is 0 Å². The average Bonchev–Trinajstić information content (AvgIpc) is 3.81. The van der Waals surface area contributed by atoms with E-state index in [1.807, 2.05) is 0 Å². The lowest BCUT2D eigenvalue weighted by Crippen LogP contribution is -2.75. The van der Waals surface area contributed by atoms with E-state index in [2.05, 4.69) is 240 Å². The first-order valence-corrected chi connectivity index (χ1v) is 21.7. The van der Waals surface area contributed by atoms with Gasteiger partial charge in [-0.3, -0.25) is 0 Å². The Labute approximate surface area is 333 Å². The largest absolute Gasteiger partial charge is 0.309 e. The third-order valence-electron chi connectivity index (χ3n) is 11.8. The first-order chi connectivity index (χ1) is 28.3. The number of nitrogens with zero attached hydrogens (tertiary/aromatic N) is 2. The van der Waals surface area contributed by atoms with Crippen LogP contribution < -0.4 is 20.7 Å². The molecule has 2 aromatic heterocycles. The maximum Gasteiger partial charge on any atom is 0.181 e. The van der Waals surface area contributed by atoms with Crippen molar-refractivity contribution in [3.8, 4) is 22.5 Å². The molecule has 0 aliphatic carbocycles. The standard InChI is InChI=1S/C54H38N2Si/c1-6-19-39(20-7-1)40-33-35-47-48-36-34-42(38-52(48)55(51(47)37-40)41-21-8-2-9-22-41)56-50-31-17-16-29-46(50)49-30-18-32-53(54(49)56)57(43-23-10-3-11-24-43,44-25-12-4-13-26-44)45-27-14-5-15-28-45/h1-38H. The minimum absolute atomic E-state index is 1.14. The number of para-hydroxylation sites is 3. The van der Waals surface area contributed by atoms with Crippen molar-refractivity contribution in [2.24, 2.45) is 0 Å². The number of aromatic nitrogens is 2. The highest BCUT2D eigenvalue weighted by Gasteiger charge is 2.43. The van der Waals surface area contributed by atoms with E-state index < -0.39 is 8.07 Å². The van der Waals surface area contributed by atoms with E-state index in [0.29, 0.717) is 0 Å². The highest BCUT2D eigenvalue weighted by molar-refractivity contribution is 7.20. The van der Waals surface area contributed by atoms with Crippen LogP contribution in [0.5, 0.6) is 0 Å². The third kappa shape index (κ3) is 5.17. The fourth-order valence-electron chi connectivity index (χ4n) is 9.43. The smallest absolute Gasteiger partial charge is 0.181 e. The Bertz CT molecular complexity index is 3110. The minimum Gasteiger partial charge on any atom is -0.309 e. The van der Waals surface area contributed by atoms with Crippen molar-refractivity contribution in [3.63, 3.8) is 0 Å². The topological polar surface area (TPSA) is 9.86 Å². The van der Waals surface area contributed by atoms with Crippen LogP contribution in [0.1, 0.15) is 0 Å². The van der Waals surface area contributed by atoms with Crippen LogP contribution in [0.3, 0.4) is 0 Å². The zero-order chi connectivity index (χ0) is 37.8. The van der Waals surface area contributed by atoms with Gasteiger partial charge >= 0.3 is 0 Å². The Morgan fingerprint density at radius 3 is 1.40 bits per heavy atom. The molecule has 268 valence electrons. The molecule has 0 atom stereocenters. The number of rotatable bonds is 7. The number of hydrogen-bond acceptors (Lipinski definition) is 0. The summed E-state index contributed by atoms with van der Waals surface area (Å²) in [5.74, 6) is 0. The van der Waals surface area contributed by atoms with Crippen molar-refractivity contribution >= 4 is 72.4 Å². The van der Waals surface area contributed by atoms with Crippen LogP contribution in [0.4, 0.5) is 0 Å². The van der Waals surface area contributed by atoms with Crippen molar-refractivity contribution in [1.29, 1.82) is 0 Å². The Morgan fingerprint density at radius 1 is 0.281 bits per heavy atom. The quantitative estimate of drug-likeness (QED) is 0.114. The molecule has 0 amide bonds. The van der Waals surface area contributed by atoms with Crippen LogP contribution in [0, 0.1) is 0 Å². The van der Waals surface area contributed by atoms with Crippen LogP contribution in [-0.2, 0) is 0 Å². The molecule has 0 radical (unpaired) electrons. The van der Waals surface area contributed by atoms with Gasteiger partial charge < -0.3 is 9.13 Å². The molecule has 11 rings (SSSR count). The van der Waals surface area contributed by atoms with E-state index in [1.165, 1.54) is 75.5 Å². The minimum atomic E-state index is -2.90. The molecule has 0 spiro atoms. The number of fused-ring (bicyclic) bond motifs is 6. The Balaban J connectivity index is 1.27. The summed E-state index contributed by atoms with van der Waals surface area (Å²) in [5.41, 5.74) is 9.54. The van der Waals surface area contributed by atoms with E-state index in [-0.39, 0.29) is 0 Å². The van der Waals surface area contributed by atoms with Crippen LogP contribution in [0.15, 0.2) is 231 Å². The van der Waals surface area contributed by atoms with Gasteiger partial charge in [-0.05, 0) is 68.3 Å². The highest BCUT2D eigenvalue weighted by Crippen LogP contribution is 2.38. The predicted molar refractivity (Wildman–Crippen MR) is 244 cm³/mol. The van der Waals surface area contributed by atoms with Crippen molar-refractivity contribution in [2.75, 3.05) is 0 Å². The molecule has 57 heavy (non-hydrogen) atoms. The second-order valence-corrected chi connectivity index (χ2v) is 18.6. The van der Waals surface area contributed by atoms with Gasteiger partial charge in [-0.25, -0.2) is 0 Å². The van der Waals surface area contributed by atoms with Gasteiger partial charge in [0.1, 0.15) is 0 Å². The van der Waals surface area contributed by atoms with Crippen molar-refractivity contribution < 1.29 is 0 Å². The summed E-state index contributed by atoms with van der Waals surface area (Å²) in [6.45, 7) is 0. The Hall–Kier alpha value is -7.20. The molecule has 2 nitrogen and oxygen atoms in total. The Kier molecular flexibility index (Phi) is 7.87. The normalized spacial score (nSPS) is 11.9. The van der Waals surface area contributed by atoms with Crippen molar-refractivity contribution in [3.05, 3.63) is 231 Å². The average molecular weight is 743 g/mol. The van der Waals surface area contributed by atoms with Crippen molar-refractivity contribution in [1.82, 2.24) is 9.13 Å². The van der Waals surface area contributed by atoms with Gasteiger partial charge in [0, 0.05) is 32.9 Å².